The van der Waals surface area contributed by atoms with Crippen LogP contribution in [0.2, 0.25) is 0 Å². The summed E-state index contributed by atoms with van der Waals surface area (Å²) >= 11 is 0. The number of nitrogens with zero attached hydrogens (tertiary/aromatic N) is 2. The second-order valence-corrected chi connectivity index (χ2v) is 7.31. The lowest BCUT2D eigenvalue weighted by atomic mass is 9.69. The summed E-state index contributed by atoms with van der Waals surface area (Å²) in [6, 6.07) is 2.07. The number of hydrogen-bond acceptors (Lipinski definition) is 3. The van der Waals surface area contributed by atoms with Crippen molar-refractivity contribution in [3.8, 4) is 0 Å². The van der Waals surface area contributed by atoms with Gasteiger partial charge in [0.1, 0.15) is 5.82 Å². The molecule has 0 unspecified atom stereocenters. The van der Waals surface area contributed by atoms with Crippen LogP contribution in [-0.2, 0) is 6.42 Å². The molecule has 1 aromatic rings. The van der Waals surface area contributed by atoms with E-state index in [1.54, 1.807) is 0 Å². The van der Waals surface area contributed by atoms with Gasteiger partial charge in [-0.3, -0.25) is 0 Å². The number of hydrogen-bond donors (Lipinski definition) is 1. The zero-order chi connectivity index (χ0) is 14.8. The van der Waals surface area contributed by atoms with Gasteiger partial charge in [-0.15, -0.1) is 0 Å². The first kappa shape index (κ1) is 15.4. The average Bonchev–Trinajstić information content (AvgIpc) is 2.37. The highest BCUT2D eigenvalue weighted by molar-refractivity contribution is 5.13. The Morgan fingerprint density at radius 2 is 1.80 bits per heavy atom. The van der Waals surface area contributed by atoms with E-state index in [1.165, 1.54) is 25.7 Å². The molecule has 1 aliphatic rings. The SMILES string of the molecule is Cc1cc(CCN)nc(C2CCC(C(C)(C)C)CC2)n1. The maximum absolute atomic E-state index is 5.64. The Labute approximate surface area is 123 Å². The van der Waals surface area contributed by atoms with Crippen LogP contribution in [0.3, 0.4) is 0 Å². The van der Waals surface area contributed by atoms with Gasteiger partial charge in [-0.25, -0.2) is 9.97 Å². The largest absolute Gasteiger partial charge is 0.330 e. The molecule has 2 rings (SSSR count). The van der Waals surface area contributed by atoms with Crippen LogP contribution < -0.4 is 5.73 Å². The van der Waals surface area contributed by atoms with Crippen LogP contribution in [-0.4, -0.2) is 16.5 Å². The van der Waals surface area contributed by atoms with Crippen LogP contribution >= 0.6 is 0 Å². The van der Waals surface area contributed by atoms with E-state index in [2.05, 4.69) is 38.7 Å². The molecule has 0 spiro atoms. The maximum atomic E-state index is 5.64. The molecule has 3 nitrogen and oxygen atoms in total. The monoisotopic (exact) mass is 275 g/mol. The van der Waals surface area contributed by atoms with Gasteiger partial charge in [-0.1, -0.05) is 20.8 Å². The van der Waals surface area contributed by atoms with Gasteiger partial charge < -0.3 is 5.73 Å². The Bertz CT molecular complexity index is 440. The molecule has 20 heavy (non-hydrogen) atoms. The Morgan fingerprint density at radius 3 is 2.35 bits per heavy atom. The predicted molar refractivity (Wildman–Crippen MR) is 83.7 cm³/mol. The van der Waals surface area contributed by atoms with Crippen molar-refractivity contribution in [1.29, 1.82) is 0 Å². The van der Waals surface area contributed by atoms with Gasteiger partial charge in [0.2, 0.25) is 0 Å². The van der Waals surface area contributed by atoms with Crippen molar-refractivity contribution in [2.75, 3.05) is 6.54 Å². The summed E-state index contributed by atoms with van der Waals surface area (Å²) in [6.45, 7) is 9.81. The molecule has 1 aliphatic carbocycles. The molecule has 112 valence electrons. The zero-order valence-electron chi connectivity index (χ0n) is 13.4. The lowest BCUT2D eigenvalue weighted by molar-refractivity contribution is 0.167. The molecular formula is C17H29N3. The first-order valence-corrected chi connectivity index (χ1v) is 7.94. The maximum Gasteiger partial charge on any atom is 0.131 e. The van der Waals surface area contributed by atoms with Gasteiger partial charge in [0.25, 0.3) is 0 Å². The zero-order valence-corrected chi connectivity index (χ0v) is 13.4. The number of aryl methyl sites for hydroxylation is 1. The first-order chi connectivity index (χ1) is 9.40. The highest BCUT2D eigenvalue weighted by Crippen LogP contribution is 2.42. The lowest BCUT2D eigenvalue weighted by Gasteiger charge is -2.36. The molecule has 0 amide bonds. The van der Waals surface area contributed by atoms with Crippen LogP contribution in [0.25, 0.3) is 0 Å². The molecule has 0 radical (unpaired) electrons. The van der Waals surface area contributed by atoms with Crippen LogP contribution in [0.15, 0.2) is 6.07 Å². The van der Waals surface area contributed by atoms with Crippen molar-refractivity contribution >= 4 is 0 Å². The predicted octanol–water partition coefficient (Wildman–Crippen LogP) is 3.61. The molecule has 1 aromatic heterocycles. The molecule has 0 aromatic carbocycles. The summed E-state index contributed by atoms with van der Waals surface area (Å²) in [5, 5.41) is 0. The van der Waals surface area contributed by atoms with Gasteiger partial charge in [-0.05, 0) is 56.6 Å². The fourth-order valence-electron chi connectivity index (χ4n) is 3.33. The van der Waals surface area contributed by atoms with E-state index in [9.17, 15) is 0 Å². The van der Waals surface area contributed by atoms with Crippen LogP contribution in [0.1, 0.15) is 69.6 Å². The summed E-state index contributed by atoms with van der Waals surface area (Å²) < 4.78 is 0. The van der Waals surface area contributed by atoms with Crippen molar-refractivity contribution in [2.45, 2.75) is 65.7 Å². The normalized spacial score (nSPS) is 23.9. The minimum atomic E-state index is 0.434. The second kappa shape index (κ2) is 6.21. The second-order valence-electron chi connectivity index (χ2n) is 7.31. The van der Waals surface area contributed by atoms with E-state index in [-0.39, 0.29) is 0 Å². The molecular weight excluding hydrogens is 246 g/mol. The third-order valence-corrected chi connectivity index (χ3v) is 4.64. The molecule has 0 aliphatic heterocycles. The fourth-order valence-corrected chi connectivity index (χ4v) is 3.33. The molecule has 1 heterocycles. The summed E-state index contributed by atoms with van der Waals surface area (Å²) in [5.74, 6) is 2.44. The van der Waals surface area contributed by atoms with Crippen molar-refractivity contribution < 1.29 is 0 Å². The smallest absolute Gasteiger partial charge is 0.131 e. The Hall–Kier alpha value is -0.960. The molecule has 1 saturated carbocycles. The van der Waals surface area contributed by atoms with Crippen LogP contribution in [0.5, 0.6) is 0 Å². The third kappa shape index (κ3) is 3.78. The van der Waals surface area contributed by atoms with Crippen LogP contribution in [0.4, 0.5) is 0 Å². The van der Waals surface area contributed by atoms with E-state index in [1.807, 2.05) is 0 Å². The summed E-state index contributed by atoms with van der Waals surface area (Å²) in [4.78, 5) is 9.42. The standard InChI is InChI=1S/C17H29N3/c1-12-11-15(9-10-18)20-16(19-12)13-5-7-14(8-6-13)17(2,3)4/h11,13-14H,5-10,18H2,1-4H3. The van der Waals surface area contributed by atoms with Gasteiger partial charge in [0.15, 0.2) is 0 Å². The Morgan fingerprint density at radius 1 is 1.15 bits per heavy atom. The van der Waals surface area contributed by atoms with E-state index in [4.69, 9.17) is 10.7 Å². The lowest BCUT2D eigenvalue weighted by Crippen LogP contribution is -2.26. The fraction of sp³-hybridized carbons (Fsp3) is 0.765. The minimum absolute atomic E-state index is 0.434. The summed E-state index contributed by atoms with van der Waals surface area (Å²) in [7, 11) is 0. The van der Waals surface area contributed by atoms with Crippen molar-refractivity contribution in [3.05, 3.63) is 23.3 Å². The third-order valence-electron chi connectivity index (χ3n) is 4.64. The molecule has 1 fully saturated rings. The molecule has 0 bridgehead atoms. The topological polar surface area (TPSA) is 51.8 Å². The molecule has 3 heteroatoms. The molecule has 0 saturated heterocycles. The Kier molecular flexibility index (Phi) is 4.79. The minimum Gasteiger partial charge on any atom is -0.330 e. The first-order valence-electron chi connectivity index (χ1n) is 7.94. The summed E-state index contributed by atoms with van der Waals surface area (Å²) in [6.07, 6.45) is 5.92. The summed E-state index contributed by atoms with van der Waals surface area (Å²) in [5.41, 5.74) is 8.26. The molecule has 2 N–H and O–H groups in total. The van der Waals surface area contributed by atoms with Crippen molar-refractivity contribution in [1.82, 2.24) is 9.97 Å². The van der Waals surface area contributed by atoms with Gasteiger partial charge in [0.05, 0.1) is 0 Å². The van der Waals surface area contributed by atoms with Gasteiger partial charge >= 0.3 is 0 Å². The van der Waals surface area contributed by atoms with E-state index < -0.39 is 0 Å². The number of rotatable bonds is 3. The van der Waals surface area contributed by atoms with Gasteiger partial charge in [-0.2, -0.15) is 0 Å². The van der Waals surface area contributed by atoms with E-state index >= 15 is 0 Å². The quantitative estimate of drug-likeness (QED) is 0.917. The number of nitrogens with two attached hydrogens (primary N) is 1. The average molecular weight is 275 g/mol. The van der Waals surface area contributed by atoms with Crippen molar-refractivity contribution in [2.24, 2.45) is 17.1 Å². The van der Waals surface area contributed by atoms with E-state index in [0.717, 1.165) is 29.6 Å². The van der Waals surface area contributed by atoms with Crippen molar-refractivity contribution in [3.63, 3.8) is 0 Å². The number of aromatic nitrogens is 2. The van der Waals surface area contributed by atoms with E-state index in [0.29, 0.717) is 17.9 Å². The highest BCUT2D eigenvalue weighted by atomic mass is 14.9. The van der Waals surface area contributed by atoms with Gasteiger partial charge in [0, 0.05) is 23.7 Å². The Balaban J connectivity index is 2.07. The molecule has 0 atom stereocenters. The van der Waals surface area contributed by atoms with Crippen LogP contribution in [0, 0.1) is 18.3 Å². The highest BCUT2D eigenvalue weighted by Gasteiger charge is 2.31.